The molecule has 2 rings (SSSR count). The van der Waals surface area contributed by atoms with Gasteiger partial charge in [0.1, 0.15) is 12.3 Å². The van der Waals surface area contributed by atoms with Crippen molar-refractivity contribution in [2.75, 3.05) is 11.9 Å². The van der Waals surface area contributed by atoms with Gasteiger partial charge in [-0.05, 0) is 25.1 Å². The molecule has 0 aliphatic carbocycles. The maximum Gasteiger partial charge on any atom is 0.159 e. The monoisotopic (exact) mass is 206 g/mol. The molecular formula is C11H14N2O2. The zero-order valence-electron chi connectivity index (χ0n) is 8.77. The molecule has 1 aliphatic heterocycles. The Morgan fingerprint density at radius 3 is 2.80 bits per heavy atom. The van der Waals surface area contributed by atoms with Gasteiger partial charge in [0.05, 0.1) is 0 Å². The summed E-state index contributed by atoms with van der Waals surface area (Å²) < 4.78 is 0. The lowest BCUT2D eigenvalue weighted by Gasteiger charge is -2.19. The molecule has 2 unspecified atom stereocenters. The molecule has 1 aromatic rings. The summed E-state index contributed by atoms with van der Waals surface area (Å²) in [6.45, 7) is 1.51. The summed E-state index contributed by atoms with van der Waals surface area (Å²) in [5.74, 6) is -0.00637. The van der Waals surface area contributed by atoms with Crippen LogP contribution in [0.3, 0.4) is 0 Å². The van der Waals surface area contributed by atoms with E-state index in [1.54, 1.807) is 12.1 Å². The van der Waals surface area contributed by atoms with Gasteiger partial charge in [-0.3, -0.25) is 4.79 Å². The highest BCUT2D eigenvalue weighted by Crippen LogP contribution is 2.36. The number of anilines is 1. The smallest absolute Gasteiger partial charge is 0.159 e. The molecule has 80 valence electrons. The first-order valence-corrected chi connectivity index (χ1v) is 4.83. The van der Waals surface area contributed by atoms with Crippen molar-refractivity contribution in [3.8, 4) is 0 Å². The van der Waals surface area contributed by atoms with Crippen molar-refractivity contribution in [3.63, 3.8) is 0 Å². The van der Waals surface area contributed by atoms with Crippen molar-refractivity contribution < 1.29 is 9.90 Å². The van der Waals surface area contributed by atoms with Crippen LogP contribution >= 0.6 is 0 Å². The van der Waals surface area contributed by atoms with Gasteiger partial charge in [0, 0.05) is 23.9 Å². The van der Waals surface area contributed by atoms with Crippen LogP contribution in [0.5, 0.6) is 0 Å². The van der Waals surface area contributed by atoms with Crippen LogP contribution < -0.4 is 10.6 Å². The first kappa shape index (κ1) is 10.1. The molecule has 4 nitrogen and oxygen atoms in total. The molecule has 0 bridgehead atoms. The number of nitrogens with zero attached hydrogens (tertiary/aromatic N) is 1. The molecule has 0 amide bonds. The number of benzene rings is 1. The lowest BCUT2D eigenvalue weighted by Crippen LogP contribution is -2.38. The van der Waals surface area contributed by atoms with E-state index in [1.165, 1.54) is 6.92 Å². The van der Waals surface area contributed by atoms with Crippen LogP contribution in [0.25, 0.3) is 0 Å². The minimum atomic E-state index is -0.718. The summed E-state index contributed by atoms with van der Waals surface area (Å²) in [5, 5.41) is 9.85. The molecule has 4 heteroatoms. The Morgan fingerprint density at radius 1 is 1.53 bits per heavy atom. The predicted molar refractivity (Wildman–Crippen MR) is 57.8 cm³/mol. The number of hydrogen-bond donors (Lipinski definition) is 2. The molecule has 3 N–H and O–H groups in total. The van der Waals surface area contributed by atoms with E-state index in [9.17, 15) is 9.90 Å². The van der Waals surface area contributed by atoms with Crippen molar-refractivity contribution in [1.29, 1.82) is 0 Å². The number of aliphatic hydroxyl groups excluding tert-OH is 1. The minimum Gasteiger partial charge on any atom is -0.385 e. The molecule has 1 heterocycles. The average Bonchev–Trinajstić information content (AvgIpc) is 2.44. The van der Waals surface area contributed by atoms with E-state index in [-0.39, 0.29) is 5.78 Å². The summed E-state index contributed by atoms with van der Waals surface area (Å²) in [5.41, 5.74) is 8.02. The van der Waals surface area contributed by atoms with E-state index >= 15 is 0 Å². The van der Waals surface area contributed by atoms with Crippen molar-refractivity contribution in [2.45, 2.75) is 19.2 Å². The van der Waals surface area contributed by atoms with Crippen molar-refractivity contribution >= 4 is 11.5 Å². The third-order valence-electron chi connectivity index (χ3n) is 2.90. The number of likely N-dealkylation sites (N-methyl/N-ethyl adjacent to an activating group) is 1. The maximum absolute atomic E-state index is 11.2. The lowest BCUT2D eigenvalue weighted by molar-refractivity contribution is 0.101. The number of aliphatic hydroxyl groups is 1. The lowest BCUT2D eigenvalue weighted by atomic mass is 10.0. The quantitative estimate of drug-likeness (QED) is 0.662. The van der Waals surface area contributed by atoms with Gasteiger partial charge in [0.15, 0.2) is 5.78 Å². The second-order valence-electron chi connectivity index (χ2n) is 3.88. The van der Waals surface area contributed by atoms with Gasteiger partial charge in [-0.2, -0.15) is 0 Å². The fourth-order valence-corrected chi connectivity index (χ4v) is 1.89. The van der Waals surface area contributed by atoms with Crippen molar-refractivity contribution in [1.82, 2.24) is 0 Å². The van der Waals surface area contributed by atoms with Gasteiger partial charge in [0.2, 0.25) is 0 Å². The number of ketones is 1. The zero-order valence-corrected chi connectivity index (χ0v) is 8.77. The van der Waals surface area contributed by atoms with E-state index in [0.29, 0.717) is 5.56 Å². The molecular weight excluding hydrogens is 192 g/mol. The van der Waals surface area contributed by atoms with Crippen LogP contribution in [0.1, 0.15) is 28.9 Å². The Hall–Kier alpha value is -1.39. The molecule has 1 aromatic carbocycles. The largest absolute Gasteiger partial charge is 0.385 e. The molecule has 0 saturated heterocycles. The van der Waals surface area contributed by atoms with Crippen LogP contribution in [0, 0.1) is 0 Å². The third-order valence-corrected chi connectivity index (χ3v) is 2.90. The molecule has 0 fully saturated rings. The van der Waals surface area contributed by atoms with Gasteiger partial charge in [-0.1, -0.05) is 0 Å². The van der Waals surface area contributed by atoms with Gasteiger partial charge >= 0.3 is 0 Å². The van der Waals surface area contributed by atoms with Gasteiger partial charge in [0.25, 0.3) is 0 Å². The molecule has 0 spiro atoms. The van der Waals surface area contributed by atoms with Crippen LogP contribution in [0.2, 0.25) is 0 Å². The van der Waals surface area contributed by atoms with Crippen molar-refractivity contribution in [2.24, 2.45) is 5.73 Å². The Balaban J connectivity index is 2.51. The number of rotatable bonds is 1. The summed E-state index contributed by atoms with van der Waals surface area (Å²) in [6.07, 6.45) is -1.15. The summed E-state index contributed by atoms with van der Waals surface area (Å²) in [6, 6.07) is 5.29. The molecule has 0 saturated carbocycles. The maximum atomic E-state index is 11.2. The molecule has 0 aromatic heterocycles. The molecule has 2 atom stereocenters. The second-order valence-corrected chi connectivity index (χ2v) is 3.88. The normalized spacial score (nSPS) is 24.1. The first-order chi connectivity index (χ1) is 7.02. The van der Waals surface area contributed by atoms with E-state index in [4.69, 9.17) is 5.73 Å². The number of carbonyl (C=O) groups excluding carboxylic acids is 1. The highest BCUT2D eigenvalue weighted by molar-refractivity contribution is 5.95. The first-order valence-electron chi connectivity index (χ1n) is 4.83. The van der Waals surface area contributed by atoms with E-state index < -0.39 is 12.3 Å². The average molecular weight is 206 g/mol. The zero-order chi connectivity index (χ0) is 11.2. The number of Topliss-reactive ketones (excluding diaryl/α,β-unsaturated/α-hetero) is 1. The Bertz CT molecular complexity index is 417. The van der Waals surface area contributed by atoms with E-state index in [1.807, 2.05) is 18.0 Å². The third kappa shape index (κ3) is 1.42. The molecule has 1 aliphatic rings. The Morgan fingerprint density at radius 2 is 2.20 bits per heavy atom. The molecule has 15 heavy (non-hydrogen) atoms. The standard InChI is InChI=1S/C11H14N2O2/c1-6(14)7-3-4-9-8(5-7)10(15)11(12)13(9)2/h3-5,10-11,15H,12H2,1-2H3. The fourth-order valence-electron chi connectivity index (χ4n) is 1.89. The summed E-state index contributed by atoms with van der Waals surface area (Å²) in [7, 11) is 1.83. The fraction of sp³-hybridized carbons (Fsp3) is 0.364. The van der Waals surface area contributed by atoms with Crippen LogP contribution in [-0.4, -0.2) is 24.1 Å². The highest BCUT2D eigenvalue weighted by atomic mass is 16.3. The van der Waals surface area contributed by atoms with Crippen LogP contribution in [-0.2, 0) is 0 Å². The number of nitrogens with two attached hydrogens (primary N) is 1. The minimum absolute atomic E-state index is 0.00637. The van der Waals surface area contributed by atoms with Crippen LogP contribution in [0.15, 0.2) is 18.2 Å². The van der Waals surface area contributed by atoms with Crippen molar-refractivity contribution in [3.05, 3.63) is 29.3 Å². The van der Waals surface area contributed by atoms with Gasteiger partial charge in [-0.25, -0.2) is 0 Å². The Kier molecular flexibility index (Phi) is 2.25. The summed E-state index contributed by atoms with van der Waals surface area (Å²) >= 11 is 0. The number of fused-ring (bicyclic) bond motifs is 1. The highest BCUT2D eigenvalue weighted by Gasteiger charge is 2.32. The Labute approximate surface area is 88.3 Å². The topological polar surface area (TPSA) is 66.6 Å². The molecule has 0 radical (unpaired) electrons. The second kappa shape index (κ2) is 3.32. The number of carbonyl (C=O) groups is 1. The predicted octanol–water partition coefficient (Wildman–Crippen LogP) is 0.657. The van der Waals surface area contributed by atoms with E-state index in [0.717, 1.165) is 11.3 Å². The van der Waals surface area contributed by atoms with E-state index in [2.05, 4.69) is 0 Å². The SMILES string of the molecule is CC(=O)c1ccc2c(c1)C(O)C(N)N2C. The number of hydrogen-bond acceptors (Lipinski definition) is 4. The van der Waals surface area contributed by atoms with Gasteiger partial charge in [-0.15, -0.1) is 0 Å². The summed E-state index contributed by atoms with van der Waals surface area (Å²) in [4.78, 5) is 13.0. The van der Waals surface area contributed by atoms with Crippen LogP contribution in [0.4, 0.5) is 5.69 Å². The van der Waals surface area contributed by atoms with Gasteiger partial charge < -0.3 is 15.7 Å².